The van der Waals surface area contributed by atoms with Crippen LogP contribution in [0.25, 0.3) is 0 Å². The normalized spacial score (nSPS) is 35.8. The molecule has 0 atom stereocenters. The highest BCUT2D eigenvalue weighted by Crippen LogP contribution is 2.27. The molecule has 0 heterocycles. The molecule has 13 heavy (non-hydrogen) atoms. The van der Waals surface area contributed by atoms with Crippen LogP contribution in [0.15, 0.2) is 0 Å². The first kappa shape index (κ1) is 9.79. The van der Waals surface area contributed by atoms with Crippen LogP contribution in [0.2, 0.25) is 0 Å². The van der Waals surface area contributed by atoms with E-state index in [-0.39, 0.29) is 0 Å². The molecular formula is C11H20ClN. The highest BCUT2D eigenvalue weighted by molar-refractivity contribution is 6.21. The summed E-state index contributed by atoms with van der Waals surface area (Å²) in [5, 5.41) is 4.10. The minimum atomic E-state index is 0.462. The van der Waals surface area contributed by atoms with Gasteiger partial charge in [0.25, 0.3) is 0 Å². The van der Waals surface area contributed by atoms with Gasteiger partial charge in [-0.1, -0.05) is 19.3 Å². The molecule has 76 valence electrons. The lowest BCUT2D eigenvalue weighted by Crippen LogP contribution is -2.43. The molecule has 0 spiro atoms. The van der Waals surface area contributed by atoms with Gasteiger partial charge in [0.15, 0.2) is 0 Å². The summed E-state index contributed by atoms with van der Waals surface area (Å²) in [7, 11) is 0. The van der Waals surface area contributed by atoms with Gasteiger partial charge in [0.2, 0.25) is 0 Å². The van der Waals surface area contributed by atoms with E-state index < -0.39 is 0 Å². The molecule has 0 aliphatic heterocycles. The van der Waals surface area contributed by atoms with Gasteiger partial charge in [-0.25, -0.2) is 0 Å². The average molecular weight is 202 g/mol. The zero-order valence-electron chi connectivity index (χ0n) is 8.27. The van der Waals surface area contributed by atoms with Crippen molar-refractivity contribution in [2.24, 2.45) is 5.92 Å². The zero-order valence-corrected chi connectivity index (χ0v) is 9.02. The SMILES string of the molecule is ClC1CC(NCC2CCCCC2)C1. The summed E-state index contributed by atoms with van der Waals surface area (Å²) in [6, 6.07) is 0.740. The fraction of sp³-hybridized carbons (Fsp3) is 1.00. The minimum absolute atomic E-state index is 0.462. The van der Waals surface area contributed by atoms with E-state index in [4.69, 9.17) is 11.6 Å². The van der Waals surface area contributed by atoms with Crippen LogP contribution in [-0.2, 0) is 0 Å². The Morgan fingerprint density at radius 1 is 1.08 bits per heavy atom. The molecule has 0 radical (unpaired) electrons. The summed E-state index contributed by atoms with van der Waals surface area (Å²) in [4.78, 5) is 0. The molecule has 2 aliphatic carbocycles. The molecule has 0 amide bonds. The Bertz CT molecular complexity index is 148. The summed E-state index contributed by atoms with van der Waals surface area (Å²) < 4.78 is 0. The summed E-state index contributed by atoms with van der Waals surface area (Å²) >= 11 is 5.93. The minimum Gasteiger partial charge on any atom is -0.314 e. The summed E-state index contributed by atoms with van der Waals surface area (Å²) in [5.41, 5.74) is 0. The average Bonchev–Trinajstić information content (AvgIpc) is 2.12. The maximum Gasteiger partial charge on any atom is 0.0365 e. The monoisotopic (exact) mass is 201 g/mol. The largest absolute Gasteiger partial charge is 0.314 e. The molecule has 0 aromatic rings. The number of hydrogen-bond acceptors (Lipinski definition) is 1. The molecule has 2 rings (SSSR count). The van der Waals surface area contributed by atoms with E-state index in [2.05, 4.69) is 5.32 Å². The van der Waals surface area contributed by atoms with Crippen LogP contribution < -0.4 is 5.32 Å². The molecule has 2 saturated carbocycles. The zero-order chi connectivity index (χ0) is 9.10. The predicted molar refractivity (Wildman–Crippen MR) is 57.2 cm³/mol. The third-order valence-corrected chi connectivity index (χ3v) is 3.86. The van der Waals surface area contributed by atoms with Crippen molar-refractivity contribution >= 4 is 11.6 Å². The molecule has 2 aliphatic rings. The lowest BCUT2D eigenvalue weighted by atomic mass is 9.87. The Labute approximate surface area is 86.2 Å². The smallest absolute Gasteiger partial charge is 0.0365 e. The molecule has 2 heteroatoms. The van der Waals surface area contributed by atoms with Crippen molar-refractivity contribution in [1.82, 2.24) is 5.32 Å². The Kier molecular flexibility index (Phi) is 3.51. The summed E-state index contributed by atoms with van der Waals surface area (Å²) in [6.45, 7) is 1.24. The first-order chi connectivity index (χ1) is 6.34. The molecule has 0 unspecified atom stereocenters. The fourth-order valence-electron chi connectivity index (χ4n) is 2.44. The summed E-state index contributed by atoms with van der Waals surface area (Å²) in [5.74, 6) is 0.961. The van der Waals surface area contributed by atoms with E-state index in [1.165, 1.54) is 51.5 Å². The van der Waals surface area contributed by atoms with Crippen LogP contribution in [0.3, 0.4) is 0 Å². The van der Waals surface area contributed by atoms with Crippen molar-refractivity contribution in [3.8, 4) is 0 Å². The van der Waals surface area contributed by atoms with Crippen LogP contribution in [0, 0.1) is 5.92 Å². The van der Waals surface area contributed by atoms with Gasteiger partial charge in [-0.2, -0.15) is 0 Å². The predicted octanol–water partition coefficient (Wildman–Crippen LogP) is 2.93. The molecular weight excluding hydrogens is 182 g/mol. The molecule has 0 saturated heterocycles. The van der Waals surface area contributed by atoms with Gasteiger partial charge < -0.3 is 5.32 Å². The lowest BCUT2D eigenvalue weighted by molar-refractivity contribution is 0.284. The molecule has 1 nitrogen and oxygen atoms in total. The topological polar surface area (TPSA) is 12.0 Å². The van der Waals surface area contributed by atoms with E-state index in [1.54, 1.807) is 0 Å². The third kappa shape index (κ3) is 2.85. The van der Waals surface area contributed by atoms with Crippen molar-refractivity contribution in [2.75, 3.05) is 6.54 Å². The first-order valence-electron chi connectivity index (χ1n) is 5.72. The Morgan fingerprint density at radius 3 is 2.38 bits per heavy atom. The van der Waals surface area contributed by atoms with Crippen LogP contribution in [0.5, 0.6) is 0 Å². The van der Waals surface area contributed by atoms with Gasteiger partial charge >= 0.3 is 0 Å². The van der Waals surface area contributed by atoms with E-state index >= 15 is 0 Å². The van der Waals surface area contributed by atoms with Crippen molar-refractivity contribution in [1.29, 1.82) is 0 Å². The van der Waals surface area contributed by atoms with Crippen LogP contribution in [0.1, 0.15) is 44.9 Å². The highest BCUT2D eigenvalue weighted by Gasteiger charge is 2.27. The van der Waals surface area contributed by atoms with Gasteiger partial charge in [-0.05, 0) is 38.1 Å². The number of halogens is 1. The van der Waals surface area contributed by atoms with Crippen LogP contribution in [0.4, 0.5) is 0 Å². The number of nitrogens with one attached hydrogen (secondary N) is 1. The van der Waals surface area contributed by atoms with Crippen LogP contribution >= 0.6 is 11.6 Å². The maximum atomic E-state index is 5.93. The van der Waals surface area contributed by atoms with Gasteiger partial charge in [0.05, 0.1) is 0 Å². The highest BCUT2D eigenvalue weighted by atomic mass is 35.5. The fourth-order valence-corrected chi connectivity index (χ4v) is 2.87. The van der Waals surface area contributed by atoms with Crippen molar-refractivity contribution in [3.63, 3.8) is 0 Å². The van der Waals surface area contributed by atoms with Crippen molar-refractivity contribution in [2.45, 2.75) is 56.4 Å². The van der Waals surface area contributed by atoms with E-state index in [0.717, 1.165) is 12.0 Å². The Balaban J connectivity index is 1.56. The molecule has 0 aromatic carbocycles. The number of hydrogen-bond donors (Lipinski definition) is 1. The quantitative estimate of drug-likeness (QED) is 0.693. The van der Waals surface area contributed by atoms with Crippen molar-refractivity contribution < 1.29 is 0 Å². The lowest BCUT2D eigenvalue weighted by Gasteiger charge is -2.33. The second-order valence-electron chi connectivity index (χ2n) is 4.68. The van der Waals surface area contributed by atoms with Gasteiger partial charge in [0, 0.05) is 11.4 Å². The Hall–Kier alpha value is 0.250. The Morgan fingerprint density at radius 2 is 1.77 bits per heavy atom. The van der Waals surface area contributed by atoms with E-state index in [9.17, 15) is 0 Å². The standard InChI is InChI=1S/C11H20ClN/c12-10-6-11(7-10)13-8-9-4-2-1-3-5-9/h9-11,13H,1-8H2. The van der Waals surface area contributed by atoms with E-state index in [0.29, 0.717) is 5.38 Å². The second-order valence-corrected chi connectivity index (χ2v) is 5.30. The number of rotatable bonds is 3. The third-order valence-electron chi connectivity index (χ3n) is 3.50. The maximum absolute atomic E-state index is 5.93. The molecule has 0 bridgehead atoms. The first-order valence-corrected chi connectivity index (χ1v) is 6.15. The van der Waals surface area contributed by atoms with Gasteiger partial charge in [0.1, 0.15) is 0 Å². The number of alkyl halides is 1. The molecule has 2 fully saturated rings. The molecule has 1 N–H and O–H groups in total. The van der Waals surface area contributed by atoms with Gasteiger partial charge in [-0.3, -0.25) is 0 Å². The van der Waals surface area contributed by atoms with E-state index in [1.807, 2.05) is 0 Å². The van der Waals surface area contributed by atoms with Crippen LogP contribution in [-0.4, -0.2) is 18.0 Å². The molecule has 0 aromatic heterocycles. The van der Waals surface area contributed by atoms with Gasteiger partial charge in [-0.15, -0.1) is 11.6 Å². The second kappa shape index (κ2) is 4.65. The van der Waals surface area contributed by atoms with Crippen molar-refractivity contribution in [3.05, 3.63) is 0 Å². The summed E-state index contributed by atoms with van der Waals surface area (Å²) in [6.07, 6.45) is 9.64.